The number of hydrogen-bond donors (Lipinski definition) is 0. The van der Waals surface area contributed by atoms with Gasteiger partial charge in [-0.05, 0) is 25.1 Å². The molecule has 0 radical (unpaired) electrons. The quantitative estimate of drug-likeness (QED) is 0.330. The van der Waals surface area contributed by atoms with Gasteiger partial charge in [0, 0.05) is 38.3 Å². The Balaban J connectivity index is 1.62. The number of benzene rings is 2. The molecule has 3 rings (SSSR count). The van der Waals surface area contributed by atoms with Crippen LogP contribution in [0.4, 0.5) is 17.1 Å². The number of rotatable bonds is 8. The van der Waals surface area contributed by atoms with Gasteiger partial charge in [0.05, 0.1) is 22.0 Å². The predicted molar refractivity (Wildman–Crippen MR) is 116 cm³/mol. The molecule has 12 heteroatoms. The summed E-state index contributed by atoms with van der Waals surface area (Å²) in [4.78, 5) is 49.2. The second kappa shape index (κ2) is 10.4. The summed E-state index contributed by atoms with van der Waals surface area (Å²) in [6.07, 6.45) is 0. The highest BCUT2D eigenvalue weighted by atomic mass is 16.6. The van der Waals surface area contributed by atoms with E-state index in [-0.39, 0.29) is 54.9 Å². The third kappa shape index (κ3) is 5.53. The lowest BCUT2D eigenvalue weighted by molar-refractivity contribution is -0.385. The van der Waals surface area contributed by atoms with Crippen molar-refractivity contribution in [1.29, 1.82) is 0 Å². The number of hydrogen-bond acceptors (Lipinski definition) is 9. The molecule has 1 heterocycles. The topological polar surface area (TPSA) is 145 Å². The monoisotopic (exact) mass is 458 g/mol. The van der Waals surface area contributed by atoms with Crippen molar-refractivity contribution >= 4 is 28.9 Å². The maximum Gasteiger partial charge on any atom is 0.338 e. The van der Waals surface area contributed by atoms with E-state index in [1.54, 1.807) is 17.9 Å². The van der Waals surface area contributed by atoms with Crippen LogP contribution < -0.4 is 9.64 Å². The first-order chi connectivity index (χ1) is 15.8. The minimum atomic E-state index is -0.638. The third-order valence-corrected chi connectivity index (χ3v) is 5.07. The average Bonchev–Trinajstić information content (AvgIpc) is 2.82. The smallest absolute Gasteiger partial charge is 0.338 e. The van der Waals surface area contributed by atoms with Crippen LogP contribution in [0.15, 0.2) is 42.5 Å². The molecule has 1 aliphatic rings. The van der Waals surface area contributed by atoms with Gasteiger partial charge in [0.15, 0.2) is 12.4 Å². The van der Waals surface area contributed by atoms with E-state index in [9.17, 15) is 29.8 Å². The van der Waals surface area contributed by atoms with Crippen molar-refractivity contribution in [2.24, 2.45) is 0 Å². The predicted octanol–water partition coefficient (Wildman–Crippen LogP) is 2.41. The number of esters is 1. The van der Waals surface area contributed by atoms with Crippen LogP contribution in [0.25, 0.3) is 0 Å². The number of nitro benzene ring substituents is 2. The molecule has 1 amide bonds. The molecule has 0 aliphatic carbocycles. The van der Waals surface area contributed by atoms with Gasteiger partial charge in [0.1, 0.15) is 5.69 Å². The van der Waals surface area contributed by atoms with Gasteiger partial charge in [0.2, 0.25) is 0 Å². The van der Waals surface area contributed by atoms with Crippen LogP contribution in [-0.4, -0.2) is 66.0 Å². The number of carbonyl (C=O) groups is 2. The van der Waals surface area contributed by atoms with Crippen molar-refractivity contribution in [3.05, 3.63) is 68.3 Å². The number of piperazine rings is 1. The Kier molecular flexibility index (Phi) is 7.38. The Morgan fingerprint density at radius 3 is 2.27 bits per heavy atom. The normalized spacial score (nSPS) is 13.4. The molecule has 0 N–H and O–H groups in total. The molecule has 0 atom stereocenters. The van der Waals surface area contributed by atoms with E-state index in [1.165, 1.54) is 41.3 Å². The van der Waals surface area contributed by atoms with Gasteiger partial charge in [-0.25, -0.2) is 4.79 Å². The van der Waals surface area contributed by atoms with Gasteiger partial charge in [-0.15, -0.1) is 0 Å². The first-order valence-electron chi connectivity index (χ1n) is 10.2. The molecule has 12 nitrogen and oxygen atoms in total. The molecule has 1 aliphatic heterocycles. The summed E-state index contributed by atoms with van der Waals surface area (Å²) < 4.78 is 10.2. The largest absolute Gasteiger partial charge is 0.477 e. The number of nitrogens with zero attached hydrogens (tertiary/aromatic N) is 4. The van der Waals surface area contributed by atoms with E-state index in [4.69, 9.17) is 9.47 Å². The van der Waals surface area contributed by atoms with Gasteiger partial charge < -0.3 is 19.3 Å². The molecule has 0 saturated carbocycles. The number of nitro groups is 2. The van der Waals surface area contributed by atoms with Crippen LogP contribution in [0.1, 0.15) is 17.3 Å². The fourth-order valence-electron chi connectivity index (χ4n) is 3.44. The summed E-state index contributed by atoms with van der Waals surface area (Å²) in [5, 5.41) is 22.6. The first kappa shape index (κ1) is 23.4. The van der Waals surface area contributed by atoms with Crippen molar-refractivity contribution in [3.8, 4) is 5.75 Å². The molecule has 2 aromatic carbocycles. The Morgan fingerprint density at radius 2 is 1.64 bits per heavy atom. The van der Waals surface area contributed by atoms with Crippen molar-refractivity contribution in [1.82, 2.24) is 4.90 Å². The average molecular weight is 458 g/mol. The van der Waals surface area contributed by atoms with Gasteiger partial charge in [-0.1, -0.05) is 12.1 Å². The number of anilines is 1. The molecular weight excluding hydrogens is 436 g/mol. The van der Waals surface area contributed by atoms with E-state index < -0.39 is 15.8 Å². The van der Waals surface area contributed by atoms with E-state index in [2.05, 4.69) is 0 Å². The van der Waals surface area contributed by atoms with Crippen LogP contribution in [0.2, 0.25) is 0 Å². The Hall–Kier alpha value is -4.22. The molecule has 0 spiro atoms. The van der Waals surface area contributed by atoms with Crippen molar-refractivity contribution in [2.75, 3.05) is 44.3 Å². The van der Waals surface area contributed by atoms with Crippen LogP contribution in [0.3, 0.4) is 0 Å². The maximum atomic E-state index is 12.5. The van der Waals surface area contributed by atoms with Gasteiger partial charge in [0.25, 0.3) is 11.6 Å². The zero-order valence-corrected chi connectivity index (χ0v) is 17.8. The van der Waals surface area contributed by atoms with Crippen molar-refractivity contribution in [3.63, 3.8) is 0 Å². The number of amides is 1. The third-order valence-electron chi connectivity index (χ3n) is 5.07. The molecule has 1 fully saturated rings. The minimum absolute atomic E-state index is 0.00630. The molecule has 0 bridgehead atoms. The number of carbonyl (C=O) groups excluding carboxylic acids is 2. The highest BCUT2D eigenvalue weighted by molar-refractivity contribution is 5.91. The summed E-state index contributed by atoms with van der Waals surface area (Å²) in [7, 11) is 0. The van der Waals surface area contributed by atoms with E-state index in [0.717, 1.165) is 0 Å². The highest BCUT2D eigenvalue weighted by Gasteiger charge is 2.27. The molecular formula is C21H22N4O8. The zero-order chi connectivity index (χ0) is 24.0. The van der Waals surface area contributed by atoms with Gasteiger partial charge in [-0.3, -0.25) is 25.0 Å². The van der Waals surface area contributed by atoms with E-state index in [0.29, 0.717) is 18.8 Å². The van der Waals surface area contributed by atoms with Crippen molar-refractivity contribution in [2.45, 2.75) is 6.92 Å². The van der Waals surface area contributed by atoms with Crippen LogP contribution in [0, 0.1) is 20.2 Å². The van der Waals surface area contributed by atoms with Crippen LogP contribution in [0.5, 0.6) is 5.75 Å². The molecule has 1 saturated heterocycles. The maximum absolute atomic E-state index is 12.5. The lowest BCUT2D eigenvalue weighted by Crippen LogP contribution is -2.50. The highest BCUT2D eigenvalue weighted by Crippen LogP contribution is 2.30. The number of para-hydroxylation sites is 2. The Bertz CT molecular complexity index is 1070. The fraction of sp³-hybridized carbons (Fsp3) is 0.333. The second-order valence-electron chi connectivity index (χ2n) is 7.06. The number of ether oxygens (including phenoxy) is 2. The van der Waals surface area contributed by atoms with E-state index >= 15 is 0 Å². The van der Waals surface area contributed by atoms with Gasteiger partial charge >= 0.3 is 11.7 Å². The zero-order valence-electron chi connectivity index (χ0n) is 17.8. The Morgan fingerprint density at radius 1 is 0.970 bits per heavy atom. The summed E-state index contributed by atoms with van der Waals surface area (Å²) in [6, 6.07) is 9.95. The SMILES string of the molecule is CCOC(=O)c1ccc(N2CCN(C(=O)COc3ccccc3[N+](=O)[O-])CC2)c([N+](=O)[O-])c1. The molecule has 2 aromatic rings. The molecule has 0 unspecified atom stereocenters. The van der Waals surface area contributed by atoms with Crippen LogP contribution in [-0.2, 0) is 9.53 Å². The molecule has 0 aromatic heterocycles. The van der Waals surface area contributed by atoms with E-state index in [1.807, 2.05) is 0 Å². The second-order valence-corrected chi connectivity index (χ2v) is 7.06. The summed E-state index contributed by atoms with van der Waals surface area (Å²) >= 11 is 0. The standard InChI is InChI=1S/C21H22N4O8/c1-2-32-21(27)15-7-8-16(18(13-15)25(30)31)22-9-11-23(12-10-22)20(26)14-33-19-6-4-3-5-17(19)24(28)29/h3-8,13H,2,9-12,14H2,1H3. The van der Waals surface area contributed by atoms with Crippen LogP contribution >= 0.6 is 0 Å². The molecule has 33 heavy (non-hydrogen) atoms. The van der Waals surface area contributed by atoms with Crippen molar-refractivity contribution < 1.29 is 28.9 Å². The fourth-order valence-corrected chi connectivity index (χ4v) is 3.44. The molecule has 174 valence electrons. The lowest BCUT2D eigenvalue weighted by atomic mass is 10.1. The van der Waals surface area contributed by atoms with Gasteiger partial charge in [-0.2, -0.15) is 0 Å². The summed E-state index contributed by atoms with van der Waals surface area (Å²) in [5.74, 6) is -0.979. The summed E-state index contributed by atoms with van der Waals surface area (Å²) in [6.45, 7) is 2.68. The minimum Gasteiger partial charge on any atom is -0.477 e. The lowest BCUT2D eigenvalue weighted by Gasteiger charge is -2.35. The Labute approximate surface area is 188 Å². The first-order valence-corrected chi connectivity index (χ1v) is 10.2. The summed E-state index contributed by atoms with van der Waals surface area (Å²) in [5.41, 5.74) is -0.0154.